The second-order valence-electron chi connectivity index (χ2n) is 2.52. The highest BCUT2D eigenvalue weighted by molar-refractivity contribution is 6.34. The third-order valence-corrected chi connectivity index (χ3v) is 1.99. The molecular formula is C8H3ClF2N2O3. The Morgan fingerprint density at radius 3 is 2.62 bits per heavy atom. The molecule has 0 aliphatic rings. The van der Waals surface area contributed by atoms with Crippen LogP contribution >= 0.6 is 11.6 Å². The first-order chi connectivity index (χ1) is 7.47. The molecule has 0 saturated carbocycles. The standard InChI is InChI=1S/C8H3ClF2N2O3/c9-7-4(3-12)6(16-8(10)11)2-1-5(7)13(14)15/h1-2,8H. The first kappa shape index (κ1) is 12.1. The summed E-state index contributed by atoms with van der Waals surface area (Å²) in [6, 6.07) is 3.26. The first-order valence-corrected chi connectivity index (χ1v) is 4.17. The number of ether oxygens (including phenoxy) is 1. The lowest BCUT2D eigenvalue weighted by molar-refractivity contribution is -0.384. The van der Waals surface area contributed by atoms with Crippen LogP contribution in [0.3, 0.4) is 0 Å². The van der Waals surface area contributed by atoms with Crippen LogP contribution in [-0.4, -0.2) is 11.5 Å². The Labute approximate surface area is 93.0 Å². The molecule has 0 bridgehead atoms. The zero-order chi connectivity index (χ0) is 12.3. The Hall–Kier alpha value is -1.94. The molecule has 0 saturated heterocycles. The monoisotopic (exact) mass is 248 g/mol. The summed E-state index contributed by atoms with van der Waals surface area (Å²) >= 11 is 5.50. The Morgan fingerprint density at radius 2 is 2.19 bits per heavy atom. The average molecular weight is 249 g/mol. The van der Waals surface area contributed by atoms with E-state index in [1.54, 1.807) is 0 Å². The fourth-order valence-corrected chi connectivity index (χ4v) is 1.25. The van der Waals surface area contributed by atoms with Crippen LogP contribution in [0.5, 0.6) is 5.75 Å². The molecule has 0 heterocycles. The van der Waals surface area contributed by atoms with Gasteiger partial charge in [-0.15, -0.1) is 0 Å². The number of nitriles is 1. The van der Waals surface area contributed by atoms with Crippen molar-refractivity contribution in [1.29, 1.82) is 5.26 Å². The number of alkyl halides is 2. The van der Waals surface area contributed by atoms with E-state index >= 15 is 0 Å². The quantitative estimate of drug-likeness (QED) is 0.609. The Balaban J connectivity index is 3.31. The molecule has 0 fully saturated rings. The van der Waals surface area contributed by atoms with Crippen molar-refractivity contribution in [3.05, 3.63) is 32.8 Å². The number of nitro groups is 1. The molecule has 0 amide bonds. The van der Waals surface area contributed by atoms with E-state index in [1.807, 2.05) is 0 Å². The zero-order valence-electron chi connectivity index (χ0n) is 7.49. The lowest BCUT2D eigenvalue weighted by Gasteiger charge is -2.07. The molecule has 0 aliphatic heterocycles. The van der Waals surface area contributed by atoms with Crippen molar-refractivity contribution in [2.75, 3.05) is 0 Å². The molecule has 1 aromatic carbocycles. The maximum absolute atomic E-state index is 11.9. The Bertz CT molecular complexity index is 473. The van der Waals surface area contributed by atoms with E-state index in [0.717, 1.165) is 12.1 Å². The highest BCUT2D eigenvalue weighted by atomic mass is 35.5. The molecule has 8 heteroatoms. The van der Waals surface area contributed by atoms with Gasteiger partial charge in [0, 0.05) is 6.07 Å². The highest BCUT2D eigenvalue weighted by Crippen LogP contribution is 2.34. The van der Waals surface area contributed by atoms with Crippen molar-refractivity contribution in [3.8, 4) is 11.8 Å². The van der Waals surface area contributed by atoms with Crippen LogP contribution in [0.4, 0.5) is 14.5 Å². The van der Waals surface area contributed by atoms with Gasteiger partial charge in [-0.1, -0.05) is 11.6 Å². The summed E-state index contributed by atoms with van der Waals surface area (Å²) in [4.78, 5) is 9.62. The summed E-state index contributed by atoms with van der Waals surface area (Å²) in [5.41, 5.74) is -1.03. The molecule has 0 spiro atoms. The second-order valence-corrected chi connectivity index (χ2v) is 2.90. The van der Waals surface area contributed by atoms with Crippen LogP contribution < -0.4 is 4.74 Å². The highest BCUT2D eigenvalue weighted by Gasteiger charge is 2.21. The molecule has 0 radical (unpaired) electrons. The number of rotatable bonds is 3. The Kier molecular flexibility index (Phi) is 3.58. The van der Waals surface area contributed by atoms with Gasteiger partial charge in [-0.05, 0) is 6.07 Å². The predicted molar refractivity (Wildman–Crippen MR) is 49.5 cm³/mol. The predicted octanol–water partition coefficient (Wildman–Crippen LogP) is 2.72. The number of benzene rings is 1. The van der Waals surface area contributed by atoms with E-state index in [9.17, 15) is 18.9 Å². The number of nitrogens with zero attached hydrogens (tertiary/aromatic N) is 2. The summed E-state index contributed by atoms with van der Waals surface area (Å²) in [6.07, 6.45) is 0. The van der Waals surface area contributed by atoms with Gasteiger partial charge in [0.15, 0.2) is 0 Å². The minimum atomic E-state index is -3.13. The molecule has 0 unspecified atom stereocenters. The number of halogens is 3. The molecule has 0 aromatic heterocycles. The maximum atomic E-state index is 11.9. The Morgan fingerprint density at radius 1 is 1.56 bits per heavy atom. The van der Waals surface area contributed by atoms with Crippen LogP contribution in [0.1, 0.15) is 5.56 Å². The normalized spacial score (nSPS) is 9.94. The molecule has 0 aliphatic carbocycles. The topological polar surface area (TPSA) is 76.2 Å². The summed E-state index contributed by atoms with van der Waals surface area (Å²) in [7, 11) is 0. The van der Waals surface area contributed by atoms with E-state index in [1.165, 1.54) is 6.07 Å². The van der Waals surface area contributed by atoms with Gasteiger partial charge in [0.1, 0.15) is 22.4 Å². The minimum Gasteiger partial charge on any atom is -0.433 e. The molecule has 5 nitrogen and oxygen atoms in total. The summed E-state index contributed by atoms with van der Waals surface area (Å²) in [5.74, 6) is -0.492. The number of hydrogen-bond donors (Lipinski definition) is 0. The lowest BCUT2D eigenvalue weighted by Crippen LogP contribution is -2.04. The summed E-state index contributed by atoms with van der Waals surface area (Å²) < 4.78 is 27.8. The summed E-state index contributed by atoms with van der Waals surface area (Å²) in [6.45, 7) is -3.13. The van der Waals surface area contributed by atoms with Gasteiger partial charge >= 0.3 is 6.61 Å². The number of hydrogen-bond acceptors (Lipinski definition) is 4. The molecule has 16 heavy (non-hydrogen) atoms. The van der Waals surface area contributed by atoms with Crippen LogP contribution in [0.15, 0.2) is 12.1 Å². The largest absolute Gasteiger partial charge is 0.433 e. The van der Waals surface area contributed by atoms with Crippen molar-refractivity contribution >= 4 is 17.3 Å². The molecule has 0 N–H and O–H groups in total. The first-order valence-electron chi connectivity index (χ1n) is 3.79. The molecule has 0 atom stereocenters. The van der Waals surface area contributed by atoms with Crippen LogP contribution in [0.2, 0.25) is 5.02 Å². The molecular weight excluding hydrogens is 246 g/mol. The van der Waals surface area contributed by atoms with Crippen molar-refractivity contribution in [3.63, 3.8) is 0 Å². The van der Waals surface area contributed by atoms with Gasteiger partial charge in [0.25, 0.3) is 5.69 Å². The van der Waals surface area contributed by atoms with E-state index in [2.05, 4.69) is 4.74 Å². The van der Waals surface area contributed by atoms with Crippen LogP contribution in [0.25, 0.3) is 0 Å². The third kappa shape index (κ3) is 2.35. The van der Waals surface area contributed by atoms with Crippen molar-refractivity contribution in [2.24, 2.45) is 0 Å². The van der Waals surface area contributed by atoms with Gasteiger partial charge < -0.3 is 4.74 Å². The number of nitro benzene ring substituents is 1. The molecule has 1 aromatic rings. The van der Waals surface area contributed by atoms with Gasteiger partial charge in [0.05, 0.1) is 4.92 Å². The van der Waals surface area contributed by atoms with Gasteiger partial charge in [-0.3, -0.25) is 10.1 Å². The van der Waals surface area contributed by atoms with E-state index in [4.69, 9.17) is 16.9 Å². The van der Waals surface area contributed by atoms with Crippen molar-refractivity contribution in [1.82, 2.24) is 0 Å². The second kappa shape index (κ2) is 4.72. The molecule has 84 valence electrons. The maximum Gasteiger partial charge on any atom is 0.387 e. The fourth-order valence-electron chi connectivity index (χ4n) is 0.987. The van der Waals surface area contributed by atoms with Crippen molar-refractivity contribution < 1.29 is 18.4 Å². The molecule has 1 rings (SSSR count). The van der Waals surface area contributed by atoms with E-state index in [0.29, 0.717) is 0 Å². The van der Waals surface area contributed by atoms with Gasteiger partial charge in [0.2, 0.25) is 0 Å². The van der Waals surface area contributed by atoms with Crippen LogP contribution in [-0.2, 0) is 0 Å². The van der Waals surface area contributed by atoms with Gasteiger partial charge in [-0.25, -0.2) is 0 Å². The lowest BCUT2D eigenvalue weighted by atomic mass is 10.2. The van der Waals surface area contributed by atoms with E-state index < -0.39 is 33.6 Å². The average Bonchev–Trinajstić information content (AvgIpc) is 2.16. The SMILES string of the molecule is N#Cc1c(OC(F)F)ccc([N+](=O)[O-])c1Cl. The smallest absolute Gasteiger partial charge is 0.387 e. The van der Waals surface area contributed by atoms with E-state index in [-0.39, 0.29) is 0 Å². The van der Waals surface area contributed by atoms with Gasteiger partial charge in [-0.2, -0.15) is 14.0 Å². The minimum absolute atomic E-state index is 0.490. The van der Waals surface area contributed by atoms with Crippen LogP contribution in [0, 0.1) is 21.4 Å². The third-order valence-electron chi connectivity index (χ3n) is 1.61. The summed E-state index contributed by atoms with van der Waals surface area (Å²) in [5, 5.41) is 18.6. The fraction of sp³-hybridized carbons (Fsp3) is 0.125. The van der Waals surface area contributed by atoms with Crippen molar-refractivity contribution in [2.45, 2.75) is 6.61 Å². The zero-order valence-corrected chi connectivity index (χ0v) is 8.24.